The minimum Gasteiger partial charge on any atom is -0.495 e. The largest absolute Gasteiger partial charge is 0.495 e. The van der Waals surface area contributed by atoms with Gasteiger partial charge in [-0.05, 0) is 50.6 Å². The molecular weight excluding hydrogens is 344 g/mol. The number of carbonyl (C=O) groups is 2. The third-order valence-electron chi connectivity index (χ3n) is 3.83. The molecule has 0 bridgehead atoms. The van der Waals surface area contributed by atoms with Crippen LogP contribution in [0, 0.1) is 6.92 Å². The molecule has 2 aromatic carbocycles. The van der Waals surface area contributed by atoms with Gasteiger partial charge in [-0.3, -0.25) is 14.5 Å². The highest BCUT2D eigenvalue weighted by atomic mass is 16.5. The van der Waals surface area contributed by atoms with Crippen molar-refractivity contribution in [1.82, 2.24) is 0 Å². The number of nitrogens with zero attached hydrogens (tertiary/aromatic N) is 1. The van der Waals surface area contributed by atoms with Crippen molar-refractivity contribution in [1.29, 1.82) is 0 Å². The summed E-state index contributed by atoms with van der Waals surface area (Å²) >= 11 is 0. The molecule has 144 valence electrons. The molecule has 27 heavy (non-hydrogen) atoms. The van der Waals surface area contributed by atoms with Crippen molar-refractivity contribution >= 4 is 23.2 Å². The van der Waals surface area contributed by atoms with Crippen molar-refractivity contribution in [2.24, 2.45) is 0 Å². The third-order valence-corrected chi connectivity index (χ3v) is 3.83. The Kier molecular flexibility index (Phi) is 6.82. The first-order valence-electron chi connectivity index (χ1n) is 8.80. The summed E-state index contributed by atoms with van der Waals surface area (Å²) in [4.78, 5) is 26.2. The lowest BCUT2D eigenvalue weighted by molar-refractivity contribution is -0.120. The van der Waals surface area contributed by atoms with Crippen molar-refractivity contribution in [3.8, 4) is 11.5 Å². The maximum absolute atomic E-state index is 12.6. The summed E-state index contributed by atoms with van der Waals surface area (Å²) in [6.07, 6.45) is -0.0506. The molecule has 2 aromatic rings. The molecular formula is C21H26N2O4. The Bertz CT molecular complexity index is 818. The molecule has 6 heteroatoms. The van der Waals surface area contributed by atoms with Gasteiger partial charge in [0.2, 0.25) is 11.8 Å². The van der Waals surface area contributed by atoms with Gasteiger partial charge in [-0.1, -0.05) is 18.2 Å². The van der Waals surface area contributed by atoms with Gasteiger partial charge in [-0.2, -0.15) is 0 Å². The number of rotatable bonds is 7. The van der Waals surface area contributed by atoms with Crippen molar-refractivity contribution in [2.75, 3.05) is 23.9 Å². The average Bonchev–Trinajstić information content (AvgIpc) is 2.60. The van der Waals surface area contributed by atoms with Gasteiger partial charge in [0.15, 0.2) is 0 Å². The van der Waals surface area contributed by atoms with Gasteiger partial charge in [0, 0.05) is 6.92 Å². The molecule has 0 spiro atoms. The molecule has 6 nitrogen and oxygen atoms in total. The molecule has 2 rings (SSSR count). The Balaban J connectivity index is 2.24. The van der Waals surface area contributed by atoms with Crippen LogP contribution < -0.4 is 19.7 Å². The van der Waals surface area contributed by atoms with Crippen LogP contribution in [-0.4, -0.2) is 31.6 Å². The number of hydrogen-bond acceptors (Lipinski definition) is 4. The number of hydrogen-bond donors (Lipinski definition) is 1. The zero-order valence-corrected chi connectivity index (χ0v) is 16.4. The molecule has 0 aliphatic carbocycles. The summed E-state index contributed by atoms with van der Waals surface area (Å²) in [5.74, 6) is 0.546. The summed E-state index contributed by atoms with van der Waals surface area (Å²) in [6.45, 7) is 7.03. The van der Waals surface area contributed by atoms with E-state index < -0.39 is 0 Å². The zero-order valence-electron chi connectivity index (χ0n) is 16.4. The molecule has 0 saturated heterocycles. The summed E-state index contributed by atoms with van der Waals surface area (Å²) in [7, 11) is 1.54. The molecule has 0 unspecified atom stereocenters. The first-order chi connectivity index (χ1) is 12.8. The van der Waals surface area contributed by atoms with E-state index in [1.165, 1.54) is 11.8 Å². The zero-order chi connectivity index (χ0) is 20.0. The Morgan fingerprint density at radius 1 is 1.11 bits per heavy atom. The molecule has 0 heterocycles. The lowest BCUT2D eigenvalue weighted by atomic mass is 10.2. The molecule has 1 N–H and O–H groups in total. The van der Waals surface area contributed by atoms with E-state index in [2.05, 4.69) is 5.32 Å². The van der Waals surface area contributed by atoms with Crippen LogP contribution in [0.15, 0.2) is 42.5 Å². The molecule has 0 radical (unpaired) electrons. The van der Waals surface area contributed by atoms with Crippen LogP contribution in [0.3, 0.4) is 0 Å². The van der Waals surface area contributed by atoms with E-state index in [0.29, 0.717) is 22.9 Å². The normalized spacial score (nSPS) is 10.4. The van der Waals surface area contributed by atoms with Gasteiger partial charge in [0.25, 0.3) is 0 Å². The van der Waals surface area contributed by atoms with Crippen LogP contribution in [0.1, 0.15) is 26.3 Å². The Morgan fingerprint density at radius 3 is 2.44 bits per heavy atom. The summed E-state index contributed by atoms with van der Waals surface area (Å²) in [5, 5.41) is 2.82. The standard InChI is InChI=1S/C21H26N2O4/c1-14(2)27-20-9-7-6-8-18(20)23(16(4)24)13-21(25)22-17-12-15(3)10-11-19(17)26-5/h6-12,14H,13H2,1-5H3,(H,22,25). The van der Waals surface area contributed by atoms with Crippen LogP contribution in [0.2, 0.25) is 0 Å². The number of amides is 2. The van der Waals surface area contributed by atoms with Crippen molar-refractivity contribution < 1.29 is 19.1 Å². The predicted molar refractivity (Wildman–Crippen MR) is 107 cm³/mol. The van der Waals surface area contributed by atoms with Gasteiger partial charge in [-0.15, -0.1) is 0 Å². The Hall–Kier alpha value is -3.02. The second-order valence-electron chi connectivity index (χ2n) is 6.49. The Labute approximate surface area is 160 Å². The third kappa shape index (κ3) is 5.48. The number of ether oxygens (including phenoxy) is 2. The molecule has 0 saturated carbocycles. The molecule has 0 atom stereocenters. The first-order valence-corrected chi connectivity index (χ1v) is 8.80. The van der Waals surface area contributed by atoms with Crippen LogP contribution in [-0.2, 0) is 9.59 Å². The van der Waals surface area contributed by atoms with Gasteiger partial charge in [0.1, 0.15) is 18.0 Å². The van der Waals surface area contributed by atoms with Crippen LogP contribution in [0.25, 0.3) is 0 Å². The maximum atomic E-state index is 12.6. The highest BCUT2D eigenvalue weighted by Gasteiger charge is 2.20. The van der Waals surface area contributed by atoms with E-state index >= 15 is 0 Å². The highest BCUT2D eigenvalue weighted by Crippen LogP contribution is 2.30. The second-order valence-corrected chi connectivity index (χ2v) is 6.49. The number of para-hydroxylation sites is 2. The monoisotopic (exact) mass is 370 g/mol. The quantitative estimate of drug-likeness (QED) is 0.805. The summed E-state index contributed by atoms with van der Waals surface area (Å²) in [6, 6.07) is 12.7. The van der Waals surface area contributed by atoms with E-state index in [0.717, 1.165) is 5.56 Å². The number of nitrogens with one attached hydrogen (secondary N) is 1. The fraction of sp³-hybridized carbons (Fsp3) is 0.333. The SMILES string of the molecule is COc1ccc(C)cc1NC(=O)CN(C(C)=O)c1ccccc1OC(C)C. The number of aryl methyl sites for hydroxylation is 1. The average molecular weight is 370 g/mol. The summed E-state index contributed by atoms with van der Waals surface area (Å²) in [5.41, 5.74) is 2.12. The van der Waals surface area contributed by atoms with E-state index in [9.17, 15) is 9.59 Å². The fourth-order valence-corrected chi connectivity index (χ4v) is 2.65. The smallest absolute Gasteiger partial charge is 0.244 e. The summed E-state index contributed by atoms with van der Waals surface area (Å²) < 4.78 is 11.1. The molecule has 0 aliphatic heterocycles. The van der Waals surface area contributed by atoms with Gasteiger partial charge < -0.3 is 14.8 Å². The molecule has 0 aliphatic rings. The van der Waals surface area contributed by atoms with Crippen molar-refractivity contribution in [3.05, 3.63) is 48.0 Å². The number of benzene rings is 2. The lowest BCUT2D eigenvalue weighted by Gasteiger charge is -2.24. The van der Waals surface area contributed by atoms with Gasteiger partial charge >= 0.3 is 0 Å². The van der Waals surface area contributed by atoms with Crippen molar-refractivity contribution in [3.63, 3.8) is 0 Å². The van der Waals surface area contributed by atoms with E-state index in [1.54, 1.807) is 31.4 Å². The Morgan fingerprint density at radius 2 is 1.81 bits per heavy atom. The second kappa shape index (κ2) is 9.07. The van der Waals surface area contributed by atoms with Gasteiger partial charge in [0.05, 0.1) is 24.6 Å². The fourth-order valence-electron chi connectivity index (χ4n) is 2.65. The topological polar surface area (TPSA) is 67.9 Å². The molecule has 0 fully saturated rings. The highest BCUT2D eigenvalue weighted by molar-refractivity contribution is 6.03. The minimum atomic E-state index is -0.326. The number of anilines is 2. The number of methoxy groups -OCH3 is 1. The minimum absolute atomic E-state index is 0.0506. The first kappa shape index (κ1) is 20.3. The van der Waals surface area contributed by atoms with E-state index in [4.69, 9.17) is 9.47 Å². The van der Waals surface area contributed by atoms with Crippen LogP contribution in [0.5, 0.6) is 11.5 Å². The van der Waals surface area contributed by atoms with Crippen LogP contribution in [0.4, 0.5) is 11.4 Å². The van der Waals surface area contributed by atoms with Crippen LogP contribution >= 0.6 is 0 Å². The van der Waals surface area contributed by atoms with Gasteiger partial charge in [-0.25, -0.2) is 0 Å². The van der Waals surface area contributed by atoms with Crippen molar-refractivity contribution in [2.45, 2.75) is 33.8 Å². The molecule has 0 aromatic heterocycles. The van der Waals surface area contributed by atoms with E-state index in [-0.39, 0.29) is 24.5 Å². The molecule has 2 amide bonds. The number of carbonyl (C=O) groups excluding carboxylic acids is 2. The maximum Gasteiger partial charge on any atom is 0.244 e. The predicted octanol–water partition coefficient (Wildman–Crippen LogP) is 3.78. The van der Waals surface area contributed by atoms with E-state index in [1.807, 2.05) is 39.0 Å². The lowest BCUT2D eigenvalue weighted by Crippen LogP contribution is -2.37.